The van der Waals surface area contributed by atoms with Crippen LogP contribution in [0, 0.1) is 16.0 Å². The molecule has 0 amide bonds. The van der Waals surface area contributed by atoms with Gasteiger partial charge < -0.3 is 0 Å². The average molecular weight is 379 g/mol. The summed E-state index contributed by atoms with van der Waals surface area (Å²) >= 11 is 1.75. The summed E-state index contributed by atoms with van der Waals surface area (Å²) in [6.45, 7) is 2.25. The summed E-state index contributed by atoms with van der Waals surface area (Å²) in [5.74, 6) is 1.10. The second-order valence-electron chi connectivity index (χ2n) is 6.92. The third kappa shape index (κ3) is 2.51. The standard InChI is InChI=1S/C19H17N5O2S/c1-2-11-7-8-13-15(9-11)27-19-16(13)18-21-17(22-23(18)10-20-19)12-5-3-4-6-14(12)24(25)26/h3-6,10-11H,2,7-9H2,1H3. The van der Waals surface area contributed by atoms with Crippen LogP contribution in [0.4, 0.5) is 5.69 Å². The van der Waals surface area contributed by atoms with E-state index in [-0.39, 0.29) is 5.69 Å². The molecule has 5 rings (SSSR count). The number of aryl methyl sites for hydroxylation is 1. The van der Waals surface area contributed by atoms with Gasteiger partial charge in [-0.1, -0.05) is 25.5 Å². The maximum Gasteiger partial charge on any atom is 0.280 e. The second kappa shape index (κ2) is 6.09. The molecular weight excluding hydrogens is 362 g/mol. The number of benzene rings is 1. The van der Waals surface area contributed by atoms with Crippen molar-refractivity contribution < 1.29 is 4.92 Å². The van der Waals surface area contributed by atoms with Crippen LogP contribution in [0.1, 0.15) is 30.2 Å². The smallest absolute Gasteiger partial charge is 0.258 e. The average Bonchev–Trinajstić information content (AvgIpc) is 3.27. The Morgan fingerprint density at radius 2 is 2.22 bits per heavy atom. The third-order valence-electron chi connectivity index (χ3n) is 5.41. The van der Waals surface area contributed by atoms with Crippen molar-refractivity contribution in [2.45, 2.75) is 32.6 Å². The Morgan fingerprint density at radius 3 is 3.04 bits per heavy atom. The lowest BCUT2D eigenvalue weighted by Crippen LogP contribution is -2.11. The van der Waals surface area contributed by atoms with Gasteiger partial charge in [0.05, 0.1) is 15.9 Å². The van der Waals surface area contributed by atoms with Crippen LogP contribution in [0.15, 0.2) is 30.6 Å². The molecule has 3 aromatic heterocycles. The minimum atomic E-state index is -0.397. The molecule has 1 atom stereocenters. The van der Waals surface area contributed by atoms with Gasteiger partial charge in [0, 0.05) is 10.9 Å². The summed E-state index contributed by atoms with van der Waals surface area (Å²) in [6.07, 6.45) is 6.17. The molecule has 27 heavy (non-hydrogen) atoms. The van der Waals surface area contributed by atoms with Gasteiger partial charge in [-0.3, -0.25) is 10.1 Å². The van der Waals surface area contributed by atoms with E-state index >= 15 is 0 Å². The Kier molecular flexibility index (Phi) is 3.68. The van der Waals surface area contributed by atoms with Crippen LogP contribution in [-0.2, 0) is 12.8 Å². The van der Waals surface area contributed by atoms with Crippen molar-refractivity contribution in [3.63, 3.8) is 0 Å². The highest BCUT2D eigenvalue weighted by molar-refractivity contribution is 7.19. The number of rotatable bonds is 3. The molecule has 0 radical (unpaired) electrons. The third-order valence-corrected chi connectivity index (χ3v) is 6.57. The van der Waals surface area contributed by atoms with Crippen molar-refractivity contribution in [1.82, 2.24) is 19.6 Å². The summed E-state index contributed by atoms with van der Waals surface area (Å²) in [4.78, 5) is 22.6. The number of hydrogen-bond acceptors (Lipinski definition) is 6. The Morgan fingerprint density at radius 1 is 1.37 bits per heavy atom. The minimum Gasteiger partial charge on any atom is -0.258 e. The van der Waals surface area contributed by atoms with Crippen LogP contribution < -0.4 is 0 Å². The van der Waals surface area contributed by atoms with Gasteiger partial charge in [-0.05, 0) is 36.8 Å². The topological polar surface area (TPSA) is 86.2 Å². The summed E-state index contributed by atoms with van der Waals surface area (Å²) in [5, 5.41) is 16.9. The van der Waals surface area contributed by atoms with Gasteiger partial charge in [0.2, 0.25) is 0 Å². The van der Waals surface area contributed by atoms with E-state index in [1.807, 2.05) is 0 Å². The maximum atomic E-state index is 11.4. The highest BCUT2D eigenvalue weighted by atomic mass is 32.1. The van der Waals surface area contributed by atoms with Crippen molar-refractivity contribution >= 4 is 32.9 Å². The predicted octanol–water partition coefficient (Wildman–Crippen LogP) is 4.43. The van der Waals surface area contributed by atoms with E-state index in [2.05, 4.69) is 22.0 Å². The zero-order chi connectivity index (χ0) is 18.5. The molecular formula is C19H17N5O2S. The first kappa shape index (κ1) is 16.3. The van der Waals surface area contributed by atoms with E-state index in [0.29, 0.717) is 11.4 Å². The van der Waals surface area contributed by atoms with Crippen LogP contribution in [0.5, 0.6) is 0 Å². The van der Waals surface area contributed by atoms with Gasteiger partial charge in [-0.25, -0.2) is 14.5 Å². The molecule has 136 valence electrons. The Bertz CT molecular complexity index is 1200. The quantitative estimate of drug-likeness (QED) is 0.388. The lowest BCUT2D eigenvalue weighted by molar-refractivity contribution is -0.384. The first-order valence-corrected chi connectivity index (χ1v) is 9.86. The van der Waals surface area contributed by atoms with Crippen molar-refractivity contribution in [2.24, 2.45) is 5.92 Å². The van der Waals surface area contributed by atoms with E-state index in [9.17, 15) is 10.1 Å². The molecule has 1 unspecified atom stereocenters. The van der Waals surface area contributed by atoms with E-state index < -0.39 is 4.92 Å². The minimum absolute atomic E-state index is 0.00995. The molecule has 0 fully saturated rings. The number of thiophene rings is 1. The number of hydrogen-bond donors (Lipinski definition) is 0. The second-order valence-corrected chi connectivity index (χ2v) is 8.01. The van der Waals surface area contributed by atoms with Crippen molar-refractivity contribution in [1.29, 1.82) is 0 Å². The number of nitro benzene ring substituents is 1. The summed E-state index contributed by atoms with van der Waals surface area (Å²) in [5.41, 5.74) is 2.50. The molecule has 1 aromatic carbocycles. The Balaban J connectivity index is 1.72. The van der Waals surface area contributed by atoms with Gasteiger partial charge in [0.1, 0.15) is 11.2 Å². The SMILES string of the molecule is CCC1CCc2c(sc3ncn4nc(-c5ccccc5[N+](=O)[O-])nc4c23)C1. The zero-order valence-corrected chi connectivity index (χ0v) is 15.6. The fourth-order valence-corrected chi connectivity index (χ4v) is 5.22. The Hall–Kier alpha value is -2.87. The van der Waals surface area contributed by atoms with Gasteiger partial charge in [-0.15, -0.1) is 16.4 Å². The number of aromatic nitrogens is 4. The molecule has 0 N–H and O–H groups in total. The summed E-state index contributed by atoms with van der Waals surface area (Å²) < 4.78 is 1.65. The molecule has 7 nitrogen and oxygen atoms in total. The summed E-state index contributed by atoms with van der Waals surface area (Å²) in [7, 11) is 0. The highest BCUT2D eigenvalue weighted by Crippen LogP contribution is 2.40. The molecule has 0 bridgehead atoms. The fourth-order valence-electron chi connectivity index (χ4n) is 3.93. The van der Waals surface area contributed by atoms with Crippen molar-refractivity contribution in [3.05, 3.63) is 51.1 Å². The van der Waals surface area contributed by atoms with Crippen molar-refractivity contribution in [2.75, 3.05) is 0 Å². The van der Waals surface area contributed by atoms with Crippen LogP contribution in [0.25, 0.3) is 27.3 Å². The van der Waals surface area contributed by atoms with Crippen LogP contribution >= 0.6 is 11.3 Å². The molecule has 1 aliphatic carbocycles. The molecule has 0 saturated carbocycles. The van der Waals surface area contributed by atoms with Crippen LogP contribution in [0.3, 0.4) is 0 Å². The maximum absolute atomic E-state index is 11.4. The summed E-state index contributed by atoms with van der Waals surface area (Å²) in [6, 6.07) is 6.58. The molecule has 0 spiro atoms. The van der Waals surface area contributed by atoms with Crippen LogP contribution in [-0.4, -0.2) is 24.5 Å². The van der Waals surface area contributed by atoms with Crippen molar-refractivity contribution in [3.8, 4) is 11.4 Å². The molecule has 0 saturated heterocycles. The first-order chi connectivity index (χ1) is 13.2. The van der Waals surface area contributed by atoms with Gasteiger partial charge in [0.15, 0.2) is 11.5 Å². The number of nitrogens with zero attached hydrogens (tertiary/aromatic N) is 5. The molecule has 0 aliphatic heterocycles. The number of fused-ring (bicyclic) bond motifs is 5. The predicted molar refractivity (Wildman–Crippen MR) is 104 cm³/mol. The number of nitro groups is 1. The highest BCUT2D eigenvalue weighted by Gasteiger charge is 2.25. The molecule has 4 aromatic rings. The lowest BCUT2D eigenvalue weighted by atomic mass is 9.86. The normalized spacial score (nSPS) is 16.7. The van der Waals surface area contributed by atoms with Gasteiger partial charge >= 0.3 is 0 Å². The zero-order valence-electron chi connectivity index (χ0n) is 14.8. The van der Waals surface area contributed by atoms with E-state index in [4.69, 9.17) is 0 Å². The monoisotopic (exact) mass is 379 g/mol. The molecule has 8 heteroatoms. The largest absolute Gasteiger partial charge is 0.280 e. The lowest BCUT2D eigenvalue weighted by Gasteiger charge is -2.20. The fraction of sp³-hybridized carbons (Fsp3) is 0.316. The molecule has 1 aliphatic rings. The number of para-hydroxylation sites is 1. The van der Waals surface area contributed by atoms with Gasteiger partial charge in [-0.2, -0.15) is 0 Å². The first-order valence-electron chi connectivity index (χ1n) is 9.05. The molecule has 3 heterocycles. The van der Waals surface area contributed by atoms with Gasteiger partial charge in [0.25, 0.3) is 5.69 Å². The van der Waals surface area contributed by atoms with E-state index in [1.165, 1.54) is 29.3 Å². The van der Waals surface area contributed by atoms with E-state index in [1.54, 1.807) is 40.4 Å². The Labute approximate surface area is 158 Å². The van der Waals surface area contributed by atoms with Crippen LogP contribution in [0.2, 0.25) is 0 Å². The van der Waals surface area contributed by atoms with E-state index in [0.717, 1.165) is 34.6 Å².